The summed E-state index contributed by atoms with van der Waals surface area (Å²) in [4.78, 5) is 39.3. The molecule has 31 heavy (non-hydrogen) atoms. The van der Waals surface area contributed by atoms with Crippen LogP contribution in [0.25, 0.3) is 0 Å². The first-order chi connectivity index (χ1) is 14.8. The second-order valence-electron chi connectivity index (χ2n) is 7.95. The molecule has 0 saturated carbocycles. The first-order valence-electron chi connectivity index (χ1n) is 10.2. The topological polar surface area (TPSA) is 97.0 Å². The molecule has 0 unspecified atom stereocenters. The van der Waals surface area contributed by atoms with Crippen molar-refractivity contribution in [2.24, 2.45) is 0 Å². The number of nitrogens with zero attached hydrogens (tertiary/aromatic N) is 1. The molecule has 8 nitrogen and oxygen atoms in total. The van der Waals surface area contributed by atoms with Crippen LogP contribution in [0.4, 0.5) is 4.79 Å². The van der Waals surface area contributed by atoms with Crippen LogP contribution >= 0.6 is 0 Å². The van der Waals surface area contributed by atoms with Crippen LogP contribution in [0.3, 0.4) is 0 Å². The molecule has 0 bridgehead atoms. The Bertz CT molecular complexity index is 1040. The van der Waals surface area contributed by atoms with Crippen molar-refractivity contribution < 1.29 is 23.9 Å². The van der Waals surface area contributed by atoms with E-state index in [9.17, 15) is 14.4 Å². The lowest BCUT2D eigenvalue weighted by Gasteiger charge is -2.23. The highest BCUT2D eigenvalue weighted by Crippen LogP contribution is 2.37. The summed E-state index contributed by atoms with van der Waals surface area (Å²) in [6, 6.07) is 12.2. The van der Waals surface area contributed by atoms with Crippen LogP contribution in [0.5, 0.6) is 11.5 Å². The zero-order chi connectivity index (χ0) is 22.2. The Balaban J connectivity index is 1.47. The predicted molar refractivity (Wildman–Crippen MR) is 113 cm³/mol. The normalized spacial score (nSPS) is 20.5. The third kappa shape index (κ3) is 3.81. The molecule has 162 valence electrons. The summed E-state index contributed by atoms with van der Waals surface area (Å²) in [6.07, 6.45) is 0.684. The summed E-state index contributed by atoms with van der Waals surface area (Å²) < 4.78 is 10.7. The van der Waals surface area contributed by atoms with Gasteiger partial charge in [-0.3, -0.25) is 14.5 Å². The average molecular weight is 423 g/mol. The molecule has 1 saturated heterocycles. The lowest BCUT2D eigenvalue weighted by molar-refractivity contribution is -0.135. The minimum absolute atomic E-state index is 0.113. The van der Waals surface area contributed by atoms with Crippen LogP contribution in [0.1, 0.15) is 43.0 Å². The van der Waals surface area contributed by atoms with Crippen LogP contribution < -0.4 is 20.1 Å². The number of nitrogens with one attached hydrogen (secondary N) is 2. The molecule has 0 aliphatic carbocycles. The minimum atomic E-state index is -1.29. The minimum Gasteiger partial charge on any atom is -0.454 e. The first kappa shape index (κ1) is 20.7. The molecule has 2 aromatic rings. The van der Waals surface area contributed by atoms with Crippen LogP contribution in [0, 0.1) is 6.92 Å². The van der Waals surface area contributed by atoms with E-state index in [4.69, 9.17) is 9.47 Å². The van der Waals surface area contributed by atoms with Gasteiger partial charge in [0.05, 0.1) is 6.04 Å². The highest BCUT2D eigenvalue weighted by Gasteiger charge is 2.50. The SMILES string of the molecule is CC[C@@H](NC(=O)CN1C(=O)N[C@@](C)(c2ccc3c(c2)OCO3)C1=O)c1ccc(C)cc1. The number of aryl methyl sites for hydroxylation is 1. The number of rotatable bonds is 6. The van der Waals surface area contributed by atoms with Gasteiger partial charge in [0.15, 0.2) is 11.5 Å². The van der Waals surface area contributed by atoms with Gasteiger partial charge in [-0.1, -0.05) is 42.8 Å². The standard InChI is InChI=1S/C23H25N3O5/c1-4-17(15-7-5-14(2)6-8-15)24-20(27)12-26-21(28)23(3,25-22(26)29)16-9-10-18-19(11-16)31-13-30-18/h5-11,17H,4,12-13H2,1-3H3,(H,24,27)(H,25,29)/t17-,23+/m1/s1. The van der Waals surface area contributed by atoms with E-state index >= 15 is 0 Å². The maximum absolute atomic E-state index is 13.1. The summed E-state index contributed by atoms with van der Waals surface area (Å²) >= 11 is 0. The van der Waals surface area contributed by atoms with Gasteiger partial charge in [-0.05, 0) is 43.5 Å². The van der Waals surface area contributed by atoms with Crippen LogP contribution in [-0.4, -0.2) is 36.1 Å². The quantitative estimate of drug-likeness (QED) is 0.697. The average Bonchev–Trinajstić information content (AvgIpc) is 3.31. The van der Waals surface area contributed by atoms with Gasteiger partial charge in [-0.15, -0.1) is 0 Å². The summed E-state index contributed by atoms with van der Waals surface area (Å²) in [5.74, 6) is 0.212. The summed E-state index contributed by atoms with van der Waals surface area (Å²) in [7, 11) is 0. The van der Waals surface area contributed by atoms with Crippen molar-refractivity contribution in [2.75, 3.05) is 13.3 Å². The van der Waals surface area contributed by atoms with Gasteiger partial charge in [0.25, 0.3) is 5.91 Å². The molecule has 2 atom stereocenters. The fourth-order valence-electron chi connectivity index (χ4n) is 3.85. The molecule has 2 aromatic carbocycles. The first-order valence-corrected chi connectivity index (χ1v) is 10.2. The number of amides is 4. The van der Waals surface area contributed by atoms with E-state index in [1.54, 1.807) is 25.1 Å². The van der Waals surface area contributed by atoms with Crippen molar-refractivity contribution in [1.29, 1.82) is 0 Å². The van der Waals surface area contributed by atoms with E-state index in [-0.39, 0.29) is 19.4 Å². The van der Waals surface area contributed by atoms with Gasteiger partial charge in [-0.25, -0.2) is 4.79 Å². The largest absolute Gasteiger partial charge is 0.454 e. The molecule has 0 spiro atoms. The highest BCUT2D eigenvalue weighted by molar-refractivity contribution is 6.09. The van der Waals surface area contributed by atoms with Crippen molar-refractivity contribution in [3.63, 3.8) is 0 Å². The van der Waals surface area contributed by atoms with Crippen molar-refractivity contribution in [1.82, 2.24) is 15.5 Å². The molecule has 4 rings (SSSR count). The van der Waals surface area contributed by atoms with Crippen LogP contribution in [0.15, 0.2) is 42.5 Å². The Hall–Kier alpha value is -3.55. The Kier molecular flexibility index (Phi) is 5.31. The molecule has 0 radical (unpaired) electrons. The highest BCUT2D eigenvalue weighted by atomic mass is 16.7. The molecule has 0 aromatic heterocycles. The fourth-order valence-corrected chi connectivity index (χ4v) is 3.85. The maximum atomic E-state index is 13.1. The van der Waals surface area contributed by atoms with E-state index in [1.165, 1.54) is 0 Å². The molecule has 1 fully saturated rings. The van der Waals surface area contributed by atoms with E-state index in [0.29, 0.717) is 23.5 Å². The van der Waals surface area contributed by atoms with Gasteiger partial charge in [-0.2, -0.15) is 0 Å². The zero-order valence-corrected chi connectivity index (χ0v) is 17.7. The molecule has 4 amide bonds. The van der Waals surface area contributed by atoms with Gasteiger partial charge in [0.1, 0.15) is 12.1 Å². The summed E-state index contributed by atoms with van der Waals surface area (Å²) in [5.41, 5.74) is 1.37. The molecular formula is C23H25N3O5. The Morgan fingerprint density at radius 3 is 2.58 bits per heavy atom. The summed E-state index contributed by atoms with van der Waals surface area (Å²) in [5, 5.41) is 5.63. The number of hydrogen-bond donors (Lipinski definition) is 2. The molecule has 2 aliphatic rings. The Morgan fingerprint density at radius 1 is 1.16 bits per heavy atom. The number of hydrogen-bond acceptors (Lipinski definition) is 5. The summed E-state index contributed by atoms with van der Waals surface area (Å²) in [6.45, 7) is 5.34. The van der Waals surface area contributed by atoms with E-state index < -0.39 is 23.4 Å². The van der Waals surface area contributed by atoms with Gasteiger partial charge in [0.2, 0.25) is 12.7 Å². The number of ether oxygens (including phenoxy) is 2. The lowest BCUT2D eigenvalue weighted by Crippen LogP contribution is -2.43. The van der Waals surface area contributed by atoms with Crippen LogP contribution in [0.2, 0.25) is 0 Å². The monoisotopic (exact) mass is 423 g/mol. The van der Waals surface area contributed by atoms with Crippen LogP contribution in [-0.2, 0) is 15.1 Å². The third-order valence-corrected chi connectivity index (χ3v) is 5.75. The Labute approximate surface area is 180 Å². The van der Waals surface area contributed by atoms with Crippen molar-refractivity contribution in [3.8, 4) is 11.5 Å². The maximum Gasteiger partial charge on any atom is 0.325 e. The molecular weight excluding hydrogens is 398 g/mol. The Morgan fingerprint density at radius 2 is 1.87 bits per heavy atom. The van der Waals surface area contributed by atoms with Crippen molar-refractivity contribution >= 4 is 17.8 Å². The van der Waals surface area contributed by atoms with E-state index in [1.807, 2.05) is 38.1 Å². The smallest absolute Gasteiger partial charge is 0.325 e. The number of carbonyl (C=O) groups is 3. The lowest BCUT2D eigenvalue weighted by atomic mass is 9.91. The van der Waals surface area contributed by atoms with Crippen molar-refractivity contribution in [3.05, 3.63) is 59.2 Å². The predicted octanol–water partition coefficient (Wildman–Crippen LogP) is 2.76. The number of urea groups is 1. The molecule has 2 aliphatic heterocycles. The van der Waals surface area contributed by atoms with E-state index in [0.717, 1.165) is 16.0 Å². The third-order valence-electron chi connectivity index (χ3n) is 5.75. The van der Waals surface area contributed by atoms with Gasteiger partial charge in [0, 0.05) is 0 Å². The van der Waals surface area contributed by atoms with Gasteiger partial charge < -0.3 is 20.1 Å². The number of carbonyl (C=O) groups excluding carboxylic acids is 3. The fraction of sp³-hybridized carbons (Fsp3) is 0.348. The second-order valence-corrected chi connectivity index (χ2v) is 7.95. The number of imide groups is 1. The zero-order valence-electron chi connectivity index (χ0n) is 17.7. The second kappa shape index (κ2) is 7.94. The molecule has 2 N–H and O–H groups in total. The molecule has 2 heterocycles. The van der Waals surface area contributed by atoms with Gasteiger partial charge >= 0.3 is 6.03 Å². The molecule has 8 heteroatoms. The number of benzene rings is 2. The number of fused-ring (bicyclic) bond motifs is 1. The van der Waals surface area contributed by atoms with Crippen molar-refractivity contribution in [2.45, 2.75) is 38.8 Å². The van der Waals surface area contributed by atoms with E-state index in [2.05, 4.69) is 10.6 Å².